The molecule has 1 heterocycles. The lowest BCUT2D eigenvalue weighted by Crippen LogP contribution is -2.23. The van der Waals surface area contributed by atoms with E-state index in [0.717, 1.165) is 21.1 Å². The van der Waals surface area contributed by atoms with E-state index >= 15 is 0 Å². The maximum absolute atomic E-state index is 12.9. The van der Waals surface area contributed by atoms with Crippen molar-refractivity contribution in [1.82, 2.24) is 8.87 Å². The van der Waals surface area contributed by atoms with Gasteiger partial charge >= 0.3 is 5.97 Å². The van der Waals surface area contributed by atoms with Crippen molar-refractivity contribution in [3.8, 4) is 5.75 Å². The van der Waals surface area contributed by atoms with E-state index in [1.165, 1.54) is 26.2 Å². The molecule has 0 spiro atoms. The Labute approximate surface area is 228 Å². The van der Waals surface area contributed by atoms with Crippen LogP contribution >= 0.6 is 0 Å². The molecule has 39 heavy (non-hydrogen) atoms. The van der Waals surface area contributed by atoms with E-state index in [2.05, 4.69) is 9.88 Å². The van der Waals surface area contributed by atoms with Crippen molar-refractivity contribution in [2.75, 3.05) is 32.6 Å². The summed E-state index contributed by atoms with van der Waals surface area (Å²) in [5.41, 5.74) is 3.49. The topological polar surface area (TPSA) is 107 Å². The fourth-order valence-electron chi connectivity index (χ4n) is 4.27. The molecule has 0 fully saturated rings. The summed E-state index contributed by atoms with van der Waals surface area (Å²) in [5.74, 6) is -0.476. The number of rotatable bonds is 10. The normalized spacial score (nSPS) is 11.5. The van der Waals surface area contributed by atoms with Crippen molar-refractivity contribution in [1.29, 1.82) is 0 Å². The number of fused-ring (bicyclic) bond motifs is 1. The van der Waals surface area contributed by atoms with Crippen LogP contribution in [0.5, 0.6) is 5.75 Å². The molecule has 9 nitrogen and oxygen atoms in total. The van der Waals surface area contributed by atoms with Crippen LogP contribution in [0, 0.1) is 6.92 Å². The summed E-state index contributed by atoms with van der Waals surface area (Å²) in [6, 6.07) is 21.3. The second-order valence-electron chi connectivity index (χ2n) is 9.08. The van der Waals surface area contributed by atoms with E-state index in [4.69, 9.17) is 9.47 Å². The second kappa shape index (κ2) is 11.7. The van der Waals surface area contributed by atoms with Gasteiger partial charge in [0.15, 0.2) is 6.61 Å². The lowest BCUT2D eigenvalue weighted by molar-refractivity contribution is -0.118. The lowest BCUT2D eigenvalue weighted by Gasteiger charge is -2.13. The van der Waals surface area contributed by atoms with Crippen molar-refractivity contribution >= 4 is 38.5 Å². The third-order valence-corrected chi connectivity index (χ3v) is 8.04. The number of nitrogens with zero attached hydrogens (tertiary/aromatic N) is 2. The Morgan fingerprint density at radius 2 is 1.72 bits per heavy atom. The quantitative estimate of drug-likeness (QED) is 0.293. The number of carbonyl (C=O) groups excluding carboxylic acids is 2. The molecular formula is C29H31N3O6S. The van der Waals surface area contributed by atoms with Crippen LogP contribution in [0.15, 0.2) is 77.7 Å². The largest absolute Gasteiger partial charge is 0.484 e. The number of amides is 1. The Morgan fingerprint density at radius 1 is 0.974 bits per heavy atom. The Kier molecular flexibility index (Phi) is 8.37. The Hall–Kier alpha value is -4.15. The highest BCUT2D eigenvalue weighted by Gasteiger charge is 2.22. The lowest BCUT2D eigenvalue weighted by atomic mass is 10.1. The summed E-state index contributed by atoms with van der Waals surface area (Å²) in [5, 5.41) is 3.33. The number of aromatic nitrogens is 1. The zero-order chi connectivity index (χ0) is 28.2. The molecule has 0 saturated carbocycles. The van der Waals surface area contributed by atoms with Crippen molar-refractivity contribution < 1.29 is 27.5 Å². The summed E-state index contributed by atoms with van der Waals surface area (Å²) in [4.78, 5) is 25.5. The molecule has 204 valence electrons. The van der Waals surface area contributed by atoms with Crippen LogP contribution < -0.4 is 10.1 Å². The smallest absolute Gasteiger partial charge is 0.340 e. The van der Waals surface area contributed by atoms with Crippen molar-refractivity contribution in [2.45, 2.75) is 25.3 Å². The number of benzene rings is 3. The van der Waals surface area contributed by atoms with Gasteiger partial charge in [-0.2, -0.15) is 0 Å². The molecule has 1 amide bonds. The van der Waals surface area contributed by atoms with Crippen LogP contribution in [-0.2, 0) is 26.1 Å². The van der Waals surface area contributed by atoms with Gasteiger partial charge in [0.25, 0.3) is 5.91 Å². The highest BCUT2D eigenvalue weighted by Crippen LogP contribution is 2.31. The number of hydrogen-bond donors (Lipinski definition) is 1. The molecule has 4 aromatic rings. The molecule has 0 aliphatic carbocycles. The summed E-state index contributed by atoms with van der Waals surface area (Å²) in [6.45, 7) is 4.16. The van der Waals surface area contributed by atoms with E-state index in [-0.39, 0.29) is 18.1 Å². The van der Waals surface area contributed by atoms with Gasteiger partial charge in [0.1, 0.15) is 5.75 Å². The van der Waals surface area contributed by atoms with Crippen LogP contribution in [-0.4, -0.2) is 56.5 Å². The molecule has 4 rings (SSSR count). The van der Waals surface area contributed by atoms with Crippen LogP contribution in [0.1, 0.15) is 28.5 Å². The molecule has 0 saturated heterocycles. The van der Waals surface area contributed by atoms with E-state index in [0.29, 0.717) is 28.9 Å². The monoisotopic (exact) mass is 549 g/mol. The highest BCUT2D eigenvalue weighted by molar-refractivity contribution is 7.89. The maximum atomic E-state index is 12.9. The molecule has 10 heteroatoms. The van der Waals surface area contributed by atoms with Gasteiger partial charge in [0.2, 0.25) is 10.0 Å². The summed E-state index contributed by atoms with van der Waals surface area (Å²) >= 11 is 0. The number of ether oxygens (including phenoxy) is 2. The van der Waals surface area contributed by atoms with E-state index in [9.17, 15) is 18.0 Å². The molecule has 0 bridgehead atoms. The van der Waals surface area contributed by atoms with Gasteiger partial charge in [-0.15, -0.1) is 0 Å². The molecule has 0 atom stereocenters. The van der Waals surface area contributed by atoms with Gasteiger partial charge in [-0.25, -0.2) is 17.5 Å². The molecule has 1 aromatic heterocycles. The first kappa shape index (κ1) is 27.9. The molecule has 0 radical (unpaired) electrons. The summed E-state index contributed by atoms with van der Waals surface area (Å²) < 4.78 is 39.0. The van der Waals surface area contributed by atoms with Crippen LogP contribution in [0.4, 0.5) is 5.69 Å². The number of anilines is 1. The molecule has 0 unspecified atom stereocenters. The summed E-state index contributed by atoms with van der Waals surface area (Å²) in [7, 11) is -0.756. The number of esters is 1. The van der Waals surface area contributed by atoms with Crippen LogP contribution in [0.25, 0.3) is 10.9 Å². The minimum absolute atomic E-state index is 0.0681. The fraction of sp³-hybridized carbons (Fsp3) is 0.241. The van der Waals surface area contributed by atoms with Crippen molar-refractivity contribution in [3.05, 3.63) is 89.6 Å². The zero-order valence-corrected chi connectivity index (χ0v) is 23.1. The third-order valence-electron chi connectivity index (χ3n) is 6.22. The zero-order valence-electron chi connectivity index (χ0n) is 22.3. The van der Waals surface area contributed by atoms with Gasteiger partial charge in [-0.05, 0) is 55.8 Å². The van der Waals surface area contributed by atoms with Gasteiger partial charge in [0, 0.05) is 42.9 Å². The average molecular weight is 550 g/mol. The first-order chi connectivity index (χ1) is 18.6. The minimum Gasteiger partial charge on any atom is -0.484 e. The molecular weight excluding hydrogens is 518 g/mol. The summed E-state index contributed by atoms with van der Waals surface area (Å²) in [6.07, 6.45) is 0. The maximum Gasteiger partial charge on any atom is 0.340 e. The Morgan fingerprint density at radius 3 is 2.41 bits per heavy atom. The van der Waals surface area contributed by atoms with E-state index < -0.39 is 21.9 Å². The predicted octanol–water partition coefficient (Wildman–Crippen LogP) is 4.44. The molecule has 0 aliphatic rings. The SMILES string of the molecule is CCOC(=O)c1c(C)n(Cc2ccccc2)c2ccc(OCC(=O)Nc3cccc(S(=O)(=O)N(C)C)c3)cc12. The van der Waals surface area contributed by atoms with Gasteiger partial charge in [-0.3, -0.25) is 4.79 Å². The van der Waals surface area contributed by atoms with Crippen molar-refractivity contribution in [2.24, 2.45) is 0 Å². The van der Waals surface area contributed by atoms with Gasteiger partial charge in [0.05, 0.1) is 17.1 Å². The standard InChI is InChI=1S/C29H31N3O6S/c1-5-37-29(34)28-20(2)32(18-21-10-7-6-8-11-21)26-15-14-23(17-25(26)28)38-19-27(33)30-22-12-9-13-24(16-22)39(35,36)31(3)4/h6-17H,5,18-19H2,1-4H3,(H,30,33). The predicted molar refractivity (Wildman–Crippen MR) is 150 cm³/mol. The minimum atomic E-state index is -3.64. The third kappa shape index (κ3) is 6.13. The second-order valence-corrected chi connectivity index (χ2v) is 11.2. The Bertz CT molecular complexity index is 1610. The molecule has 0 aliphatic heterocycles. The van der Waals surface area contributed by atoms with Crippen LogP contribution in [0.2, 0.25) is 0 Å². The van der Waals surface area contributed by atoms with Crippen LogP contribution in [0.3, 0.4) is 0 Å². The highest BCUT2D eigenvalue weighted by atomic mass is 32.2. The average Bonchev–Trinajstić information content (AvgIpc) is 3.18. The van der Waals surface area contributed by atoms with Crippen molar-refractivity contribution in [3.63, 3.8) is 0 Å². The number of nitrogens with one attached hydrogen (secondary N) is 1. The number of hydrogen-bond acceptors (Lipinski definition) is 6. The Balaban J connectivity index is 1.55. The fourth-order valence-corrected chi connectivity index (χ4v) is 5.22. The van der Waals surface area contributed by atoms with E-state index in [1.54, 1.807) is 31.2 Å². The molecule has 1 N–H and O–H groups in total. The van der Waals surface area contributed by atoms with E-state index in [1.807, 2.05) is 43.3 Å². The van der Waals surface area contributed by atoms with Gasteiger partial charge in [-0.1, -0.05) is 36.4 Å². The van der Waals surface area contributed by atoms with Gasteiger partial charge < -0.3 is 19.4 Å². The molecule has 3 aromatic carbocycles. The number of carbonyl (C=O) groups is 2. The number of sulfonamides is 1. The first-order valence-corrected chi connectivity index (χ1v) is 13.8. The first-order valence-electron chi connectivity index (χ1n) is 12.4.